The monoisotopic (exact) mass is 1460 g/mol. The number of ether oxygens (including phenoxy) is 4. The van der Waals surface area contributed by atoms with E-state index in [1.54, 1.807) is 12.2 Å². The molecule has 0 heterocycles. The van der Waals surface area contributed by atoms with E-state index in [9.17, 15) is 43.2 Å². The van der Waals surface area contributed by atoms with E-state index < -0.39 is 97.5 Å². The Morgan fingerprint density at radius 1 is 0.294 bits per heavy atom. The Hall–Kier alpha value is -5.84. The number of phosphoric ester groups is 2. The number of hydrogen-bond donors (Lipinski definition) is 3. The first-order valence-corrected chi connectivity index (χ1v) is 41.0. The second-order valence-corrected chi connectivity index (χ2v) is 27.4. The van der Waals surface area contributed by atoms with Crippen LogP contribution in [0.4, 0.5) is 0 Å². The van der Waals surface area contributed by atoms with Crippen molar-refractivity contribution in [2.45, 2.75) is 277 Å². The molecule has 0 fully saturated rings. The molecule has 0 radical (unpaired) electrons. The molecule has 0 aromatic rings. The molecule has 5 atom stereocenters. The van der Waals surface area contributed by atoms with E-state index >= 15 is 0 Å². The first kappa shape index (κ1) is 96.2. The third-order valence-corrected chi connectivity index (χ3v) is 16.8. The third-order valence-electron chi connectivity index (χ3n) is 14.9. The maximum Gasteiger partial charge on any atom is 0.472 e. The molecule has 102 heavy (non-hydrogen) atoms. The fourth-order valence-corrected chi connectivity index (χ4v) is 10.8. The van der Waals surface area contributed by atoms with Crippen molar-refractivity contribution in [2.75, 3.05) is 39.6 Å². The quantitative estimate of drug-likeness (QED) is 0.0169. The zero-order chi connectivity index (χ0) is 74.6. The number of allylic oxidation sites excluding steroid dienone is 29. The summed E-state index contributed by atoms with van der Waals surface area (Å²) in [6.45, 7) is 4.22. The second-order valence-electron chi connectivity index (χ2n) is 24.5. The van der Waals surface area contributed by atoms with Crippen molar-refractivity contribution in [1.29, 1.82) is 0 Å². The third kappa shape index (κ3) is 72.5. The first-order chi connectivity index (χ1) is 49.7. The van der Waals surface area contributed by atoms with Crippen LogP contribution < -0.4 is 0 Å². The molecule has 3 N–H and O–H groups in total. The SMILES string of the molecule is CC/C=C\C/C=C\C/C=C\C/C=C\C/C=C\CCCC(=O)OCC(COP(=O)(O)OCC(O)COP(=O)(O)OCC(COC(=O)CCCCCCCCC/C=C\C/C=C\C/C=C\CC)OC(=O)CCCCCCC/C=C\C/C=C\CCC)OC(=O)C/C=C\C/C=C\C/C=C\C/C=C\C/C=C\CC. The van der Waals surface area contributed by atoms with Gasteiger partial charge in [0.1, 0.15) is 19.3 Å². The summed E-state index contributed by atoms with van der Waals surface area (Å²) in [4.78, 5) is 72.8. The van der Waals surface area contributed by atoms with Crippen LogP contribution in [0.5, 0.6) is 0 Å². The van der Waals surface area contributed by atoms with Crippen LogP contribution in [0.1, 0.15) is 259 Å². The number of aliphatic hydroxyl groups excluding tert-OH is 1. The molecule has 17 nitrogen and oxygen atoms in total. The molecule has 0 rings (SSSR count). The Bertz CT molecular complexity index is 2650. The van der Waals surface area contributed by atoms with E-state index in [1.807, 2.05) is 24.3 Å². The van der Waals surface area contributed by atoms with Gasteiger partial charge < -0.3 is 33.8 Å². The average Bonchev–Trinajstić information content (AvgIpc) is 0.939. The van der Waals surface area contributed by atoms with Crippen LogP contribution in [0.2, 0.25) is 0 Å². The van der Waals surface area contributed by atoms with Crippen molar-refractivity contribution < 1.29 is 80.2 Å². The lowest BCUT2D eigenvalue weighted by molar-refractivity contribution is -0.161. The highest BCUT2D eigenvalue weighted by molar-refractivity contribution is 7.47. The minimum atomic E-state index is -5.02. The van der Waals surface area contributed by atoms with Gasteiger partial charge in [0.2, 0.25) is 0 Å². The molecule has 0 saturated heterocycles. The average molecular weight is 1460 g/mol. The molecule has 0 aromatic heterocycles. The van der Waals surface area contributed by atoms with Gasteiger partial charge in [-0.15, -0.1) is 0 Å². The molecule has 0 amide bonds. The van der Waals surface area contributed by atoms with Crippen molar-refractivity contribution in [3.8, 4) is 0 Å². The highest BCUT2D eigenvalue weighted by Crippen LogP contribution is 2.45. The number of aliphatic hydroxyl groups is 1. The maximum atomic E-state index is 13.1. The van der Waals surface area contributed by atoms with Gasteiger partial charge in [-0.2, -0.15) is 0 Å². The van der Waals surface area contributed by atoms with Gasteiger partial charge in [-0.3, -0.25) is 37.3 Å². The van der Waals surface area contributed by atoms with E-state index in [4.69, 9.17) is 37.0 Å². The summed E-state index contributed by atoms with van der Waals surface area (Å²) in [7, 11) is -10.0. The number of carbonyl (C=O) groups is 4. The highest BCUT2D eigenvalue weighted by Gasteiger charge is 2.30. The summed E-state index contributed by atoms with van der Waals surface area (Å²) >= 11 is 0. The van der Waals surface area contributed by atoms with Crippen molar-refractivity contribution >= 4 is 39.5 Å². The Morgan fingerprint density at radius 2 is 0.559 bits per heavy atom. The van der Waals surface area contributed by atoms with Crippen LogP contribution in [-0.4, -0.2) is 96.7 Å². The van der Waals surface area contributed by atoms with Crippen LogP contribution in [0.3, 0.4) is 0 Å². The van der Waals surface area contributed by atoms with E-state index in [0.29, 0.717) is 32.1 Å². The lowest BCUT2D eigenvalue weighted by atomic mass is 10.1. The highest BCUT2D eigenvalue weighted by atomic mass is 31.2. The summed E-state index contributed by atoms with van der Waals surface area (Å²) in [5.74, 6) is -2.44. The number of carbonyl (C=O) groups excluding carboxylic acids is 4. The topological polar surface area (TPSA) is 237 Å². The summed E-state index contributed by atoms with van der Waals surface area (Å²) in [5, 5.41) is 10.6. The minimum Gasteiger partial charge on any atom is -0.462 e. The molecule has 576 valence electrons. The van der Waals surface area contributed by atoms with Crippen LogP contribution in [0.15, 0.2) is 182 Å². The summed E-state index contributed by atoms with van der Waals surface area (Å²) in [6.07, 6.45) is 87.8. The number of hydrogen-bond acceptors (Lipinski definition) is 15. The van der Waals surface area contributed by atoms with Crippen molar-refractivity contribution in [1.82, 2.24) is 0 Å². The summed E-state index contributed by atoms with van der Waals surface area (Å²) < 4.78 is 68.3. The molecule has 19 heteroatoms. The van der Waals surface area contributed by atoms with E-state index in [-0.39, 0.29) is 25.7 Å². The fourth-order valence-electron chi connectivity index (χ4n) is 9.21. The predicted octanol–water partition coefficient (Wildman–Crippen LogP) is 22.0. The molecule has 0 spiro atoms. The maximum absolute atomic E-state index is 13.1. The number of esters is 4. The molecule has 0 aliphatic carbocycles. The largest absolute Gasteiger partial charge is 0.472 e. The molecular formula is C83H132O17P2. The molecule has 0 aromatic carbocycles. The first-order valence-electron chi connectivity index (χ1n) is 38.0. The van der Waals surface area contributed by atoms with Gasteiger partial charge in [0.25, 0.3) is 0 Å². The molecule has 0 aliphatic heterocycles. The van der Waals surface area contributed by atoms with Gasteiger partial charge in [-0.25, -0.2) is 9.13 Å². The number of rotatable bonds is 69. The Kier molecular flexibility index (Phi) is 69.3. The van der Waals surface area contributed by atoms with Gasteiger partial charge in [0.15, 0.2) is 12.2 Å². The molecule has 0 aliphatic rings. The minimum absolute atomic E-state index is 0.0563. The van der Waals surface area contributed by atoms with E-state index in [0.717, 1.165) is 173 Å². The smallest absolute Gasteiger partial charge is 0.462 e. The molecule has 0 bridgehead atoms. The standard InChI is InChI=1S/C83H132O17P2/c1-5-9-13-17-21-25-29-33-36-38-41-44-47-51-55-59-63-67-80(85)93-73-78(99-82(87)69-65-61-57-53-49-43-32-28-24-20-16-12-8-4)75-97-101(89,90)95-71-77(84)72-96-102(91,92)98-76-79(100-83(88)70-66-62-58-54-50-46-40-35-31-27-23-19-15-11-7-3)74-94-81(86)68-64-60-56-52-48-45-42-39-37-34-30-26-22-18-14-10-6-2/h9-11,13-16,20-23,25-28,32-37,40,42,45,50,52,54,56,62,66,77-79,84H,5-8,12,17-19,24,29-31,38-39,41,43-44,46-49,51,53,55,57-61,63-65,67-76H2,1-4H3,(H,89,90)(H,91,92)/b13-9-,14-10-,15-11-,20-16-,25-21-,26-22-,27-23-,32-28-,36-33-,37-34-,40-35-,45-42-,54-50-,56-52-,66-62-. The Labute approximate surface area is 615 Å². The van der Waals surface area contributed by atoms with Crippen molar-refractivity contribution in [2.24, 2.45) is 0 Å². The lowest BCUT2D eigenvalue weighted by Crippen LogP contribution is -2.30. The Balaban J connectivity index is 5.50. The Morgan fingerprint density at radius 3 is 0.912 bits per heavy atom. The van der Waals surface area contributed by atoms with Gasteiger partial charge >= 0.3 is 39.5 Å². The van der Waals surface area contributed by atoms with Gasteiger partial charge in [0, 0.05) is 19.3 Å². The van der Waals surface area contributed by atoms with Crippen LogP contribution in [0, 0.1) is 0 Å². The fraction of sp³-hybridized carbons (Fsp3) is 0.590. The molecule has 5 unspecified atom stereocenters. The predicted molar refractivity (Wildman–Crippen MR) is 417 cm³/mol. The number of unbranched alkanes of at least 4 members (excludes halogenated alkanes) is 14. The lowest BCUT2D eigenvalue weighted by Gasteiger charge is -2.21. The van der Waals surface area contributed by atoms with E-state index in [1.165, 1.54) is 0 Å². The zero-order valence-corrected chi connectivity index (χ0v) is 64.5. The van der Waals surface area contributed by atoms with Crippen molar-refractivity contribution in [3.63, 3.8) is 0 Å². The number of phosphoric acid groups is 2. The van der Waals surface area contributed by atoms with Gasteiger partial charge in [0.05, 0.1) is 32.8 Å². The second kappa shape index (κ2) is 73.5. The summed E-state index contributed by atoms with van der Waals surface area (Å²) in [6, 6.07) is 0. The van der Waals surface area contributed by atoms with E-state index in [2.05, 4.69) is 174 Å². The molecule has 0 saturated carbocycles. The molecular weight excluding hydrogens is 1330 g/mol. The zero-order valence-electron chi connectivity index (χ0n) is 62.7. The van der Waals surface area contributed by atoms with Crippen LogP contribution in [0.25, 0.3) is 0 Å². The van der Waals surface area contributed by atoms with Gasteiger partial charge in [-0.05, 0) is 148 Å². The van der Waals surface area contributed by atoms with Crippen LogP contribution >= 0.6 is 15.6 Å². The summed E-state index contributed by atoms with van der Waals surface area (Å²) in [5.41, 5.74) is 0. The normalized spacial score (nSPS) is 14.9. The van der Waals surface area contributed by atoms with Crippen molar-refractivity contribution in [3.05, 3.63) is 182 Å². The van der Waals surface area contributed by atoms with Gasteiger partial charge in [-0.1, -0.05) is 268 Å². The van der Waals surface area contributed by atoms with Crippen LogP contribution in [-0.2, 0) is 65.4 Å².